The predicted octanol–water partition coefficient (Wildman–Crippen LogP) is 0.622. The quantitative estimate of drug-likeness (QED) is 0.537. The van der Waals surface area contributed by atoms with Gasteiger partial charge in [-0.25, -0.2) is 0 Å². The van der Waals surface area contributed by atoms with Gasteiger partial charge in [0.15, 0.2) is 0 Å². The first kappa shape index (κ1) is 13.2. The lowest BCUT2D eigenvalue weighted by atomic mass is 10.1. The maximum absolute atomic E-state index is 9.40. The van der Waals surface area contributed by atoms with Crippen molar-refractivity contribution in [3.8, 4) is 0 Å². The van der Waals surface area contributed by atoms with Crippen LogP contribution in [0.4, 0.5) is 0 Å². The summed E-state index contributed by atoms with van der Waals surface area (Å²) in [6.45, 7) is 3.61. The van der Waals surface area contributed by atoms with Crippen LogP contribution < -0.4 is 0 Å². The molecule has 0 heterocycles. The molecule has 0 aliphatic rings. The van der Waals surface area contributed by atoms with E-state index >= 15 is 0 Å². The Labute approximate surface area is 84.2 Å². The molecule has 0 aromatic carbocycles. The van der Waals surface area contributed by atoms with Gasteiger partial charge in [-0.2, -0.15) is 11.8 Å². The van der Waals surface area contributed by atoms with Gasteiger partial charge in [0.1, 0.15) is 0 Å². The summed E-state index contributed by atoms with van der Waals surface area (Å²) in [5, 5.41) is 27.6. The van der Waals surface area contributed by atoms with Gasteiger partial charge in [0.05, 0.1) is 18.3 Å². The molecular weight excluding hydrogens is 188 g/mol. The topological polar surface area (TPSA) is 60.7 Å². The Kier molecular flexibility index (Phi) is 7.75. The van der Waals surface area contributed by atoms with E-state index in [-0.39, 0.29) is 6.42 Å². The first-order valence-corrected chi connectivity index (χ1v) is 5.85. The summed E-state index contributed by atoms with van der Waals surface area (Å²) >= 11 is 1.67. The number of hydrogen-bond acceptors (Lipinski definition) is 4. The molecule has 3 unspecified atom stereocenters. The minimum Gasteiger partial charge on any atom is -0.392 e. The van der Waals surface area contributed by atoms with E-state index in [1.54, 1.807) is 11.8 Å². The molecule has 3 atom stereocenters. The van der Waals surface area contributed by atoms with Gasteiger partial charge in [-0.1, -0.05) is 6.92 Å². The van der Waals surface area contributed by atoms with Crippen molar-refractivity contribution in [2.24, 2.45) is 0 Å². The maximum Gasteiger partial charge on any atom is 0.0821 e. The minimum absolute atomic E-state index is 0.258. The molecule has 0 saturated carbocycles. The Balaban J connectivity index is 3.43. The molecule has 4 heteroatoms. The lowest BCUT2D eigenvalue weighted by molar-refractivity contribution is 0.00172. The molecule has 0 aliphatic heterocycles. The predicted molar refractivity (Wildman–Crippen MR) is 55.9 cm³/mol. The molecule has 0 aromatic rings. The van der Waals surface area contributed by atoms with Gasteiger partial charge >= 0.3 is 0 Å². The zero-order valence-corrected chi connectivity index (χ0v) is 9.13. The summed E-state index contributed by atoms with van der Waals surface area (Å²) in [7, 11) is 0. The molecule has 13 heavy (non-hydrogen) atoms. The molecule has 3 N–H and O–H groups in total. The second-order valence-electron chi connectivity index (χ2n) is 3.27. The summed E-state index contributed by atoms with van der Waals surface area (Å²) in [6, 6.07) is 0. The molecule has 0 bridgehead atoms. The van der Waals surface area contributed by atoms with E-state index in [9.17, 15) is 10.2 Å². The molecule has 0 spiro atoms. The standard InChI is InChI=1S/C9H20O3S/c1-3-4-13-6-8(11)5-9(12)7(2)10/h7-12H,3-6H2,1-2H3. The van der Waals surface area contributed by atoms with Gasteiger partial charge < -0.3 is 15.3 Å². The van der Waals surface area contributed by atoms with Crippen molar-refractivity contribution in [3.63, 3.8) is 0 Å². The number of hydrogen-bond donors (Lipinski definition) is 3. The van der Waals surface area contributed by atoms with Crippen molar-refractivity contribution in [3.05, 3.63) is 0 Å². The number of aliphatic hydroxyl groups excluding tert-OH is 3. The fourth-order valence-corrected chi connectivity index (χ4v) is 1.77. The van der Waals surface area contributed by atoms with Crippen LogP contribution in [-0.2, 0) is 0 Å². The maximum atomic E-state index is 9.40. The zero-order valence-electron chi connectivity index (χ0n) is 8.31. The molecule has 80 valence electrons. The SMILES string of the molecule is CCCSCC(O)CC(O)C(C)O. The molecule has 0 rings (SSSR count). The van der Waals surface area contributed by atoms with Gasteiger partial charge in [0.2, 0.25) is 0 Å². The van der Waals surface area contributed by atoms with Crippen LogP contribution in [0.1, 0.15) is 26.7 Å². The summed E-state index contributed by atoms with van der Waals surface area (Å²) in [5.41, 5.74) is 0. The summed E-state index contributed by atoms with van der Waals surface area (Å²) in [5.74, 6) is 1.67. The van der Waals surface area contributed by atoms with Gasteiger partial charge in [-0.05, 0) is 19.1 Å². The van der Waals surface area contributed by atoms with Crippen LogP contribution in [0, 0.1) is 0 Å². The van der Waals surface area contributed by atoms with Crippen molar-refractivity contribution in [2.75, 3.05) is 11.5 Å². The van der Waals surface area contributed by atoms with Gasteiger partial charge in [-0.15, -0.1) is 0 Å². The molecule has 0 aliphatic carbocycles. The second-order valence-corrected chi connectivity index (χ2v) is 4.42. The fourth-order valence-electron chi connectivity index (χ4n) is 0.907. The van der Waals surface area contributed by atoms with Gasteiger partial charge in [0.25, 0.3) is 0 Å². The second kappa shape index (κ2) is 7.62. The summed E-state index contributed by atoms with van der Waals surface area (Å²) < 4.78 is 0. The number of aliphatic hydroxyl groups is 3. The molecule has 3 nitrogen and oxygen atoms in total. The smallest absolute Gasteiger partial charge is 0.0821 e. The molecule has 0 amide bonds. The Morgan fingerprint density at radius 3 is 2.31 bits per heavy atom. The van der Waals surface area contributed by atoms with Crippen molar-refractivity contribution in [1.29, 1.82) is 0 Å². The van der Waals surface area contributed by atoms with E-state index in [2.05, 4.69) is 6.92 Å². The molecular formula is C9H20O3S. The largest absolute Gasteiger partial charge is 0.392 e. The van der Waals surface area contributed by atoms with Crippen LogP contribution in [-0.4, -0.2) is 45.1 Å². The van der Waals surface area contributed by atoms with Crippen LogP contribution in [0.2, 0.25) is 0 Å². The third-order valence-corrected chi connectivity index (χ3v) is 3.05. The summed E-state index contributed by atoms with van der Waals surface area (Å²) in [6.07, 6.45) is -0.728. The number of rotatable bonds is 7. The average Bonchev–Trinajstić information content (AvgIpc) is 2.04. The van der Waals surface area contributed by atoms with E-state index < -0.39 is 18.3 Å². The Hall–Kier alpha value is 0.230. The highest BCUT2D eigenvalue weighted by Gasteiger charge is 2.15. The zero-order chi connectivity index (χ0) is 10.3. The van der Waals surface area contributed by atoms with E-state index in [0.29, 0.717) is 5.75 Å². The average molecular weight is 208 g/mol. The Bertz CT molecular complexity index is 119. The minimum atomic E-state index is -0.808. The molecule has 0 aromatic heterocycles. The highest BCUT2D eigenvalue weighted by molar-refractivity contribution is 7.99. The van der Waals surface area contributed by atoms with Gasteiger partial charge in [0, 0.05) is 12.2 Å². The van der Waals surface area contributed by atoms with Crippen molar-refractivity contribution in [2.45, 2.75) is 45.0 Å². The lowest BCUT2D eigenvalue weighted by Crippen LogP contribution is -2.28. The van der Waals surface area contributed by atoms with Crippen LogP contribution in [0.5, 0.6) is 0 Å². The van der Waals surface area contributed by atoms with Gasteiger partial charge in [-0.3, -0.25) is 0 Å². The van der Waals surface area contributed by atoms with Crippen LogP contribution in [0.3, 0.4) is 0 Å². The normalized spacial score (nSPS) is 18.2. The highest BCUT2D eigenvalue weighted by atomic mass is 32.2. The van der Waals surface area contributed by atoms with E-state index in [1.165, 1.54) is 6.92 Å². The highest BCUT2D eigenvalue weighted by Crippen LogP contribution is 2.10. The van der Waals surface area contributed by atoms with E-state index in [0.717, 1.165) is 12.2 Å². The lowest BCUT2D eigenvalue weighted by Gasteiger charge is -2.17. The Morgan fingerprint density at radius 1 is 1.23 bits per heavy atom. The third kappa shape index (κ3) is 7.31. The van der Waals surface area contributed by atoms with Crippen molar-refractivity contribution >= 4 is 11.8 Å². The first-order valence-electron chi connectivity index (χ1n) is 4.69. The molecule has 0 fully saturated rings. The van der Waals surface area contributed by atoms with E-state index in [4.69, 9.17) is 5.11 Å². The van der Waals surface area contributed by atoms with Crippen LogP contribution >= 0.6 is 11.8 Å². The van der Waals surface area contributed by atoms with Crippen molar-refractivity contribution in [1.82, 2.24) is 0 Å². The van der Waals surface area contributed by atoms with E-state index in [1.807, 2.05) is 0 Å². The molecule has 0 saturated heterocycles. The third-order valence-electron chi connectivity index (χ3n) is 1.73. The number of thioether (sulfide) groups is 1. The fraction of sp³-hybridized carbons (Fsp3) is 1.00. The van der Waals surface area contributed by atoms with Crippen LogP contribution in [0.15, 0.2) is 0 Å². The monoisotopic (exact) mass is 208 g/mol. The van der Waals surface area contributed by atoms with Crippen molar-refractivity contribution < 1.29 is 15.3 Å². The first-order chi connectivity index (χ1) is 6.07. The van der Waals surface area contributed by atoms with Crippen LogP contribution in [0.25, 0.3) is 0 Å². The summed E-state index contributed by atoms with van der Waals surface area (Å²) in [4.78, 5) is 0. The Morgan fingerprint density at radius 2 is 1.85 bits per heavy atom. The molecule has 0 radical (unpaired) electrons.